The van der Waals surface area contributed by atoms with E-state index in [0.29, 0.717) is 6.04 Å². The molecule has 3 heteroatoms. The molecule has 1 saturated carbocycles. The standard InChI is InChI=1S/C14H21FN2/c1-11(10-17-13-6-7-13)16-9-8-12-4-2-3-5-14(12)15/h2-5,11,13,16-17H,6-10H2,1H3. The smallest absolute Gasteiger partial charge is 0.126 e. The van der Waals surface area contributed by atoms with Crippen molar-refractivity contribution >= 4 is 0 Å². The second-order valence-electron chi connectivity index (χ2n) is 4.88. The Morgan fingerprint density at radius 3 is 2.82 bits per heavy atom. The second kappa shape index (κ2) is 6.12. The van der Waals surface area contributed by atoms with E-state index in [0.717, 1.165) is 31.1 Å². The van der Waals surface area contributed by atoms with Crippen LogP contribution >= 0.6 is 0 Å². The Bertz CT molecular complexity index is 350. The van der Waals surface area contributed by atoms with E-state index in [2.05, 4.69) is 17.6 Å². The van der Waals surface area contributed by atoms with Crippen molar-refractivity contribution in [2.75, 3.05) is 13.1 Å². The molecule has 1 aliphatic carbocycles. The minimum absolute atomic E-state index is 0.0990. The average molecular weight is 236 g/mol. The fourth-order valence-corrected chi connectivity index (χ4v) is 1.86. The van der Waals surface area contributed by atoms with Crippen molar-refractivity contribution in [1.29, 1.82) is 0 Å². The molecule has 1 atom stereocenters. The summed E-state index contributed by atoms with van der Waals surface area (Å²) in [7, 11) is 0. The van der Waals surface area contributed by atoms with Crippen molar-refractivity contribution in [2.24, 2.45) is 0 Å². The summed E-state index contributed by atoms with van der Waals surface area (Å²) < 4.78 is 13.3. The van der Waals surface area contributed by atoms with E-state index in [9.17, 15) is 4.39 Å². The van der Waals surface area contributed by atoms with Gasteiger partial charge in [-0.3, -0.25) is 0 Å². The van der Waals surface area contributed by atoms with Crippen LogP contribution in [0.15, 0.2) is 24.3 Å². The summed E-state index contributed by atoms with van der Waals surface area (Å²) in [6.07, 6.45) is 3.39. The summed E-state index contributed by atoms with van der Waals surface area (Å²) in [4.78, 5) is 0. The molecule has 0 spiro atoms. The highest BCUT2D eigenvalue weighted by Gasteiger charge is 2.20. The Hall–Kier alpha value is -0.930. The summed E-state index contributed by atoms with van der Waals surface area (Å²) in [5.74, 6) is -0.0990. The number of halogens is 1. The monoisotopic (exact) mass is 236 g/mol. The lowest BCUT2D eigenvalue weighted by Crippen LogP contribution is -2.38. The number of hydrogen-bond donors (Lipinski definition) is 2. The van der Waals surface area contributed by atoms with E-state index in [4.69, 9.17) is 0 Å². The number of rotatable bonds is 7. The quantitative estimate of drug-likeness (QED) is 0.757. The van der Waals surface area contributed by atoms with Crippen molar-refractivity contribution < 1.29 is 4.39 Å². The summed E-state index contributed by atoms with van der Waals surface area (Å²) in [5, 5.41) is 6.89. The van der Waals surface area contributed by atoms with Crippen LogP contribution in [0.5, 0.6) is 0 Å². The van der Waals surface area contributed by atoms with Crippen molar-refractivity contribution in [1.82, 2.24) is 10.6 Å². The first-order valence-corrected chi connectivity index (χ1v) is 6.46. The van der Waals surface area contributed by atoms with Crippen LogP contribution in [0.2, 0.25) is 0 Å². The first-order chi connectivity index (χ1) is 8.25. The molecule has 1 aliphatic rings. The molecule has 0 saturated heterocycles. The molecule has 17 heavy (non-hydrogen) atoms. The van der Waals surface area contributed by atoms with Gasteiger partial charge >= 0.3 is 0 Å². The maximum Gasteiger partial charge on any atom is 0.126 e. The van der Waals surface area contributed by atoms with Gasteiger partial charge in [-0.25, -0.2) is 4.39 Å². The fraction of sp³-hybridized carbons (Fsp3) is 0.571. The van der Waals surface area contributed by atoms with E-state index in [-0.39, 0.29) is 5.82 Å². The molecule has 1 aromatic rings. The highest BCUT2D eigenvalue weighted by Crippen LogP contribution is 2.18. The van der Waals surface area contributed by atoms with Gasteiger partial charge in [-0.15, -0.1) is 0 Å². The molecule has 0 bridgehead atoms. The first-order valence-electron chi connectivity index (χ1n) is 6.46. The SMILES string of the molecule is CC(CNC1CC1)NCCc1ccccc1F. The van der Waals surface area contributed by atoms with Gasteiger partial charge < -0.3 is 10.6 Å². The number of nitrogens with one attached hydrogen (secondary N) is 2. The summed E-state index contributed by atoms with van der Waals surface area (Å²) in [5.41, 5.74) is 0.794. The highest BCUT2D eigenvalue weighted by molar-refractivity contribution is 5.17. The zero-order valence-electron chi connectivity index (χ0n) is 10.4. The van der Waals surface area contributed by atoms with E-state index in [1.54, 1.807) is 6.07 Å². The minimum Gasteiger partial charge on any atom is -0.313 e. The van der Waals surface area contributed by atoms with Crippen LogP contribution in [0.25, 0.3) is 0 Å². The molecule has 2 N–H and O–H groups in total. The van der Waals surface area contributed by atoms with Crippen LogP contribution < -0.4 is 10.6 Å². The van der Waals surface area contributed by atoms with Crippen molar-refractivity contribution in [2.45, 2.75) is 38.3 Å². The van der Waals surface area contributed by atoms with Crippen LogP contribution in [-0.2, 0) is 6.42 Å². The van der Waals surface area contributed by atoms with Crippen molar-refractivity contribution in [3.05, 3.63) is 35.6 Å². The molecule has 2 rings (SSSR count). The van der Waals surface area contributed by atoms with Gasteiger partial charge in [-0.1, -0.05) is 18.2 Å². The van der Waals surface area contributed by atoms with Gasteiger partial charge in [0, 0.05) is 18.6 Å². The van der Waals surface area contributed by atoms with Crippen LogP contribution in [-0.4, -0.2) is 25.2 Å². The molecule has 0 aromatic heterocycles. The zero-order valence-corrected chi connectivity index (χ0v) is 10.4. The van der Waals surface area contributed by atoms with Crippen LogP contribution in [0.4, 0.5) is 4.39 Å². The zero-order chi connectivity index (χ0) is 12.1. The van der Waals surface area contributed by atoms with Gasteiger partial charge in [0.1, 0.15) is 5.82 Å². The molecule has 1 fully saturated rings. The third kappa shape index (κ3) is 4.44. The average Bonchev–Trinajstić information content (AvgIpc) is 3.13. The Labute approximate surface area is 103 Å². The van der Waals surface area contributed by atoms with Crippen LogP contribution in [0.3, 0.4) is 0 Å². The number of hydrogen-bond acceptors (Lipinski definition) is 2. The maximum absolute atomic E-state index is 13.3. The Kier molecular flexibility index (Phi) is 4.51. The van der Waals surface area contributed by atoms with Gasteiger partial charge in [0.15, 0.2) is 0 Å². The summed E-state index contributed by atoms with van der Waals surface area (Å²) in [6, 6.07) is 8.19. The summed E-state index contributed by atoms with van der Waals surface area (Å²) in [6.45, 7) is 3.99. The molecular weight excluding hydrogens is 215 g/mol. The first kappa shape index (κ1) is 12.5. The lowest BCUT2D eigenvalue weighted by Gasteiger charge is -2.14. The van der Waals surface area contributed by atoms with Gasteiger partial charge in [0.2, 0.25) is 0 Å². The molecule has 1 unspecified atom stereocenters. The summed E-state index contributed by atoms with van der Waals surface area (Å²) >= 11 is 0. The Morgan fingerprint density at radius 1 is 1.35 bits per heavy atom. The maximum atomic E-state index is 13.3. The lowest BCUT2D eigenvalue weighted by molar-refractivity contribution is 0.499. The molecule has 0 radical (unpaired) electrons. The fourth-order valence-electron chi connectivity index (χ4n) is 1.86. The highest BCUT2D eigenvalue weighted by atomic mass is 19.1. The number of benzene rings is 1. The third-order valence-corrected chi connectivity index (χ3v) is 3.14. The largest absolute Gasteiger partial charge is 0.313 e. The predicted molar refractivity (Wildman–Crippen MR) is 68.6 cm³/mol. The van der Waals surface area contributed by atoms with Gasteiger partial charge in [0.25, 0.3) is 0 Å². The molecule has 94 valence electrons. The van der Waals surface area contributed by atoms with Gasteiger partial charge in [-0.2, -0.15) is 0 Å². The van der Waals surface area contributed by atoms with Crippen molar-refractivity contribution in [3.63, 3.8) is 0 Å². The molecule has 0 heterocycles. The Morgan fingerprint density at radius 2 is 2.12 bits per heavy atom. The molecule has 2 nitrogen and oxygen atoms in total. The predicted octanol–water partition coefficient (Wildman–Crippen LogP) is 2.10. The van der Waals surface area contributed by atoms with Gasteiger partial charge in [-0.05, 0) is 44.4 Å². The lowest BCUT2D eigenvalue weighted by atomic mass is 10.1. The van der Waals surface area contributed by atoms with E-state index >= 15 is 0 Å². The van der Waals surface area contributed by atoms with E-state index in [1.807, 2.05) is 12.1 Å². The van der Waals surface area contributed by atoms with Crippen molar-refractivity contribution in [3.8, 4) is 0 Å². The molecule has 0 amide bonds. The normalized spacial score (nSPS) is 17.1. The molecular formula is C14H21FN2. The molecule has 1 aromatic carbocycles. The Balaban J connectivity index is 1.62. The van der Waals surface area contributed by atoms with Crippen LogP contribution in [0.1, 0.15) is 25.3 Å². The topological polar surface area (TPSA) is 24.1 Å². The van der Waals surface area contributed by atoms with Gasteiger partial charge in [0.05, 0.1) is 0 Å². The van der Waals surface area contributed by atoms with Crippen LogP contribution in [0, 0.1) is 5.82 Å². The minimum atomic E-state index is -0.0990. The third-order valence-electron chi connectivity index (χ3n) is 3.14. The van der Waals surface area contributed by atoms with E-state index < -0.39 is 0 Å². The van der Waals surface area contributed by atoms with E-state index in [1.165, 1.54) is 18.9 Å². The molecule has 0 aliphatic heterocycles. The second-order valence-corrected chi connectivity index (χ2v) is 4.88.